The van der Waals surface area contributed by atoms with E-state index in [1.807, 2.05) is 0 Å². The van der Waals surface area contributed by atoms with E-state index in [0.29, 0.717) is 22.3 Å². The second-order valence-electron chi connectivity index (χ2n) is 5.71. The van der Waals surface area contributed by atoms with Crippen LogP contribution >= 0.6 is 23.4 Å². The minimum atomic E-state index is -0.766. The second-order valence-corrected chi connectivity index (χ2v) is 7.11. The lowest BCUT2D eigenvalue weighted by molar-refractivity contribution is -0.386. The molecule has 2 amide bonds. The number of aromatic hydroxyl groups is 1. The van der Waals surface area contributed by atoms with Crippen molar-refractivity contribution in [1.29, 1.82) is 0 Å². The van der Waals surface area contributed by atoms with E-state index in [4.69, 9.17) is 16.3 Å². The third-order valence-electron chi connectivity index (χ3n) is 3.95. The molecule has 1 fully saturated rings. The molecule has 1 aliphatic heterocycles. The van der Waals surface area contributed by atoms with E-state index in [9.17, 15) is 24.8 Å². The fourth-order valence-corrected chi connectivity index (χ4v) is 3.61. The predicted octanol–water partition coefficient (Wildman–Crippen LogP) is 4.20. The predicted molar refractivity (Wildman–Crippen MR) is 104 cm³/mol. The fraction of sp³-hybridized carbons (Fsp3) is 0.111. The Labute approximate surface area is 168 Å². The van der Waals surface area contributed by atoms with Gasteiger partial charge in [-0.05, 0) is 41.1 Å². The number of phenols is 1. The number of imide groups is 1. The Morgan fingerprint density at radius 1 is 1.32 bits per heavy atom. The Balaban J connectivity index is 1.93. The van der Waals surface area contributed by atoms with E-state index >= 15 is 0 Å². The zero-order chi connectivity index (χ0) is 20.4. The Morgan fingerprint density at radius 3 is 2.68 bits per heavy atom. The van der Waals surface area contributed by atoms with Crippen molar-refractivity contribution in [2.24, 2.45) is 0 Å². The van der Waals surface area contributed by atoms with Crippen LogP contribution in [0.5, 0.6) is 11.5 Å². The standard InChI is InChI=1S/C18H13ClN2O6S/c1-27-14-7-10(6-13(16(14)22)21(25)26)8-15-17(23)20(18(24)28-15)9-11-4-2-3-5-12(11)19/h2-8,22H,9H2,1H3. The average Bonchev–Trinajstić information content (AvgIpc) is 2.91. The van der Waals surface area contributed by atoms with Crippen molar-refractivity contribution in [3.8, 4) is 11.5 Å². The molecular weight excluding hydrogens is 408 g/mol. The normalized spacial score (nSPS) is 15.4. The number of nitro benzene ring substituents is 1. The van der Waals surface area contributed by atoms with E-state index in [1.165, 1.54) is 19.3 Å². The molecule has 0 atom stereocenters. The number of hydrogen-bond acceptors (Lipinski definition) is 7. The van der Waals surface area contributed by atoms with Crippen LogP contribution in [0.1, 0.15) is 11.1 Å². The molecular formula is C18H13ClN2O6S. The lowest BCUT2D eigenvalue weighted by Crippen LogP contribution is -2.27. The summed E-state index contributed by atoms with van der Waals surface area (Å²) in [5.41, 5.74) is 0.292. The van der Waals surface area contributed by atoms with Crippen LogP contribution in [0, 0.1) is 10.1 Å². The summed E-state index contributed by atoms with van der Waals surface area (Å²) in [5, 5.41) is 20.9. The Hall–Kier alpha value is -3.04. The summed E-state index contributed by atoms with van der Waals surface area (Å²) in [6.07, 6.45) is 1.34. The smallest absolute Gasteiger partial charge is 0.315 e. The first-order valence-electron chi connectivity index (χ1n) is 7.86. The Kier molecular flexibility index (Phi) is 5.57. The monoisotopic (exact) mass is 420 g/mol. The zero-order valence-corrected chi connectivity index (χ0v) is 16.0. The van der Waals surface area contributed by atoms with Gasteiger partial charge in [0, 0.05) is 11.1 Å². The molecule has 1 heterocycles. The van der Waals surface area contributed by atoms with Crippen molar-refractivity contribution in [2.45, 2.75) is 6.54 Å². The van der Waals surface area contributed by atoms with Crippen molar-refractivity contribution in [3.63, 3.8) is 0 Å². The lowest BCUT2D eigenvalue weighted by Gasteiger charge is -2.13. The van der Waals surface area contributed by atoms with E-state index in [-0.39, 0.29) is 22.8 Å². The topological polar surface area (TPSA) is 110 Å². The number of nitrogens with zero attached hydrogens (tertiary/aromatic N) is 2. The fourth-order valence-electron chi connectivity index (χ4n) is 2.58. The molecule has 1 saturated heterocycles. The Bertz CT molecular complexity index is 1020. The zero-order valence-electron chi connectivity index (χ0n) is 14.4. The number of amides is 2. The molecule has 0 aromatic heterocycles. The number of thioether (sulfide) groups is 1. The van der Waals surface area contributed by atoms with Gasteiger partial charge >= 0.3 is 5.69 Å². The quantitative estimate of drug-likeness (QED) is 0.438. The third kappa shape index (κ3) is 3.80. The minimum Gasteiger partial charge on any atom is -0.500 e. The third-order valence-corrected chi connectivity index (χ3v) is 5.23. The summed E-state index contributed by atoms with van der Waals surface area (Å²) in [7, 11) is 1.25. The molecule has 2 aromatic rings. The van der Waals surface area contributed by atoms with Gasteiger partial charge in [-0.3, -0.25) is 24.6 Å². The maximum absolute atomic E-state index is 12.6. The summed E-state index contributed by atoms with van der Waals surface area (Å²) in [5.74, 6) is -1.27. The van der Waals surface area contributed by atoms with Crippen LogP contribution in [0.4, 0.5) is 10.5 Å². The molecule has 144 valence electrons. The van der Waals surface area contributed by atoms with Gasteiger partial charge in [0.25, 0.3) is 11.1 Å². The van der Waals surface area contributed by atoms with E-state index in [1.54, 1.807) is 24.3 Å². The van der Waals surface area contributed by atoms with Gasteiger partial charge in [0.1, 0.15) is 0 Å². The minimum absolute atomic E-state index is 0.0146. The lowest BCUT2D eigenvalue weighted by atomic mass is 10.1. The summed E-state index contributed by atoms with van der Waals surface area (Å²) < 4.78 is 4.93. The largest absolute Gasteiger partial charge is 0.500 e. The molecule has 0 aliphatic carbocycles. The van der Waals surface area contributed by atoms with E-state index in [2.05, 4.69) is 0 Å². The maximum atomic E-state index is 12.6. The van der Waals surface area contributed by atoms with Crippen LogP contribution in [0.15, 0.2) is 41.3 Å². The SMILES string of the molecule is COc1cc(C=C2SC(=O)N(Cc3ccccc3Cl)C2=O)cc([N+](=O)[O-])c1O. The van der Waals surface area contributed by atoms with Crippen molar-refractivity contribution in [2.75, 3.05) is 7.11 Å². The van der Waals surface area contributed by atoms with Gasteiger partial charge in [-0.15, -0.1) is 0 Å². The van der Waals surface area contributed by atoms with Crippen LogP contribution in [0.2, 0.25) is 5.02 Å². The van der Waals surface area contributed by atoms with Gasteiger partial charge < -0.3 is 9.84 Å². The molecule has 1 N–H and O–H groups in total. The van der Waals surface area contributed by atoms with Gasteiger partial charge in [-0.25, -0.2) is 0 Å². The van der Waals surface area contributed by atoms with Gasteiger partial charge in [0.05, 0.1) is 23.5 Å². The number of benzene rings is 2. The molecule has 10 heteroatoms. The highest BCUT2D eigenvalue weighted by molar-refractivity contribution is 8.18. The summed E-state index contributed by atoms with van der Waals surface area (Å²) in [6.45, 7) is 0.0146. The average molecular weight is 421 g/mol. The highest BCUT2D eigenvalue weighted by Crippen LogP contribution is 2.39. The highest BCUT2D eigenvalue weighted by Gasteiger charge is 2.35. The van der Waals surface area contributed by atoms with Crippen molar-refractivity contribution < 1.29 is 24.4 Å². The first-order valence-corrected chi connectivity index (χ1v) is 9.05. The number of carbonyl (C=O) groups is 2. The molecule has 0 saturated carbocycles. The number of halogens is 1. The number of nitro groups is 1. The molecule has 3 rings (SSSR count). The number of ether oxygens (including phenoxy) is 1. The number of hydrogen-bond donors (Lipinski definition) is 1. The van der Waals surface area contributed by atoms with E-state index in [0.717, 1.165) is 11.0 Å². The second kappa shape index (κ2) is 7.91. The van der Waals surface area contributed by atoms with Crippen molar-refractivity contribution in [1.82, 2.24) is 4.90 Å². The summed E-state index contributed by atoms with van der Waals surface area (Å²) in [6, 6.07) is 9.30. The van der Waals surface area contributed by atoms with Crippen LogP contribution in [0.3, 0.4) is 0 Å². The maximum Gasteiger partial charge on any atom is 0.315 e. The van der Waals surface area contributed by atoms with Crippen molar-refractivity contribution >= 4 is 46.3 Å². The first-order chi connectivity index (χ1) is 13.3. The molecule has 0 unspecified atom stereocenters. The highest BCUT2D eigenvalue weighted by atomic mass is 35.5. The number of rotatable bonds is 5. The van der Waals surface area contributed by atoms with Crippen LogP contribution in [0.25, 0.3) is 6.08 Å². The number of carbonyl (C=O) groups excluding carboxylic acids is 2. The molecule has 0 radical (unpaired) electrons. The van der Waals surface area contributed by atoms with Crippen LogP contribution in [-0.2, 0) is 11.3 Å². The molecule has 2 aromatic carbocycles. The number of methoxy groups -OCH3 is 1. The number of phenolic OH excluding ortho intramolecular Hbond substituents is 1. The first kappa shape index (κ1) is 19.7. The summed E-state index contributed by atoms with van der Waals surface area (Å²) >= 11 is 6.80. The van der Waals surface area contributed by atoms with Crippen LogP contribution < -0.4 is 4.74 Å². The molecule has 8 nitrogen and oxygen atoms in total. The molecule has 28 heavy (non-hydrogen) atoms. The Morgan fingerprint density at radius 2 is 2.04 bits per heavy atom. The van der Waals surface area contributed by atoms with Gasteiger partial charge in [0.15, 0.2) is 5.75 Å². The van der Waals surface area contributed by atoms with Crippen molar-refractivity contribution in [3.05, 3.63) is 67.6 Å². The van der Waals surface area contributed by atoms with Gasteiger partial charge in [-0.1, -0.05) is 29.8 Å². The summed E-state index contributed by atoms with van der Waals surface area (Å²) in [4.78, 5) is 36.4. The van der Waals surface area contributed by atoms with Gasteiger partial charge in [0.2, 0.25) is 5.75 Å². The molecule has 1 aliphatic rings. The van der Waals surface area contributed by atoms with Crippen LogP contribution in [-0.4, -0.2) is 33.2 Å². The molecule has 0 bridgehead atoms. The van der Waals surface area contributed by atoms with Gasteiger partial charge in [-0.2, -0.15) is 0 Å². The molecule has 0 spiro atoms. The van der Waals surface area contributed by atoms with E-state index < -0.39 is 27.5 Å².